The molecule has 1 atom stereocenters. The summed E-state index contributed by atoms with van der Waals surface area (Å²) in [6.45, 7) is 1.45. The Morgan fingerprint density at radius 2 is 1.79 bits per heavy atom. The highest BCUT2D eigenvalue weighted by Crippen LogP contribution is 2.23. The first-order chi connectivity index (χ1) is 11.3. The van der Waals surface area contributed by atoms with Gasteiger partial charge >= 0.3 is 5.97 Å². The smallest absolute Gasteiger partial charge is 0.311 e. The Kier molecular flexibility index (Phi) is 6.17. The summed E-state index contributed by atoms with van der Waals surface area (Å²) < 4.78 is 17.9. The molecular weight excluding hydrogens is 356 g/mol. The van der Waals surface area contributed by atoms with Crippen LogP contribution in [0.4, 0.5) is 10.1 Å². The molecule has 2 aromatic rings. The number of ether oxygens (including phenoxy) is 1. The fourth-order valence-electron chi connectivity index (χ4n) is 1.89. The van der Waals surface area contributed by atoms with Crippen LogP contribution in [0.5, 0.6) is 0 Å². The maximum absolute atomic E-state index is 12.8. The second kappa shape index (κ2) is 8.13. The van der Waals surface area contributed by atoms with Crippen molar-refractivity contribution in [1.29, 1.82) is 0 Å². The van der Waals surface area contributed by atoms with Crippen molar-refractivity contribution in [3.63, 3.8) is 0 Å². The van der Waals surface area contributed by atoms with E-state index in [9.17, 15) is 14.0 Å². The normalized spacial score (nSPS) is 11.7. The fourth-order valence-corrected chi connectivity index (χ4v) is 2.21. The fraction of sp³-hybridized carbons (Fsp3) is 0.176. The second-order valence-corrected chi connectivity index (χ2v) is 5.87. The average molecular weight is 370 g/mol. The van der Waals surface area contributed by atoms with E-state index in [0.29, 0.717) is 21.3 Å². The van der Waals surface area contributed by atoms with Gasteiger partial charge in [-0.3, -0.25) is 9.59 Å². The number of amides is 1. The Balaban J connectivity index is 1.89. The molecule has 0 aliphatic carbocycles. The number of nitrogens with one attached hydrogen (secondary N) is 1. The van der Waals surface area contributed by atoms with E-state index in [1.807, 2.05) is 0 Å². The van der Waals surface area contributed by atoms with Gasteiger partial charge in [-0.05, 0) is 48.9 Å². The SMILES string of the molecule is C[C@H](OC(=O)Cc1ccc(Cl)c(Cl)c1)C(=O)Nc1ccc(F)cc1. The van der Waals surface area contributed by atoms with Gasteiger partial charge in [0.15, 0.2) is 6.10 Å². The first-order valence-electron chi connectivity index (χ1n) is 7.05. The topological polar surface area (TPSA) is 55.4 Å². The third-order valence-electron chi connectivity index (χ3n) is 3.12. The Morgan fingerprint density at radius 3 is 2.42 bits per heavy atom. The molecule has 0 spiro atoms. The van der Waals surface area contributed by atoms with Crippen LogP contribution in [0.3, 0.4) is 0 Å². The Bertz CT molecular complexity index is 750. The van der Waals surface area contributed by atoms with Crippen LogP contribution in [0, 0.1) is 5.82 Å². The van der Waals surface area contributed by atoms with Crippen LogP contribution >= 0.6 is 23.2 Å². The van der Waals surface area contributed by atoms with E-state index in [1.54, 1.807) is 18.2 Å². The van der Waals surface area contributed by atoms with Crippen LogP contribution < -0.4 is 5.32 Å². The molecule has 0 unspecified atom stereocenters. The van der Waals surface area contributed by atoms with Crippen LogP contribution in [0.2, 0.25) is 10.0 Å². The summed E-state index contributed by atoms with van der Waals surface area (Å²) in [5.74, 6) is -1.49. The summed E-state index contributed by atoms with van der Waals surface area (Å²) in [4.78, 5) is 23.9. The number of carbonyl (C=O) groups excluding carboxylic acids is 2. The van der Waals surface area contributed by atoms with Gasteiger partial charge in [-0.1, -0.05) is 29.3 Å². The van der Waals surface area contributed by atoms with Crippen LogP contribution in [-0.2, 0) is 20.7 Å². The monoisotopic (exact) mass is 369 g/mol. The van der Waals surface area contributed by atoms with E-state index >= 15 is 0 Å². The minimum absolute atomic E-state index is 0.0366. The summed E-state index contributed by atoms with van der Waals surface area (Å²) in [7, 11) is 0. The highest BCUT2D eigenvalue weighted by molar-refractivity contribution is 6.42. The number of anilines is 1. The van der Waals surface area contributed by atoms with Gasteiger partial charge in [-0.2, -0.15) is 0 Å². The molecule has 0 fully saturated rings. The van der Waals surface area contributed by atoms with Crippen LogP contribution in [0.1, 0.15) is 12.5 Å². The molecule has 126 valence electrons. The number of benzene rings is 2. The van der Waals surface area contributed by atoms with Gasteiger partial charge in [-0.25, -0.2) is 4.39 Å². The van der Waals surface area contributed by atoms with Crippen molar-refractivity contribution in [3.8, 4) is 0 Å². The first-order valence-corrected chi connectivity index (χ1v) is 7.80. The van der Waals surface area contributed by atoms with E-state index in [-0.39, 0.29) is 6.42 Å². The van der Waals surface area contributed by atoms with Gasteiger partial charge in [0.25, 0.3) is 5.91 Å². The molecule has 0 saturated heterocycles. The van der Waals surface area contributed by atoms with Crippen LogP contribution in [0.25, 0.3) is 0 Å². The van der Waals surface area contributed by atoms with Crippen molar-refractivity contribution in [1.82, 2.24) is 0 Å². The van der Waals surface area contributed by atoms with Gasteiger partial charge < -0.3 is 10.1 Å². The van der Waals surface area contributed by atoms with E-state index < -0.39 is 23.8 Å². The Hall–Kier alpha value is -2.11. The summed E-state index contributed by atoms with van der Waals surface area (Å²) in [6, 6.07) is 10.1. The summed E-state index contributed by atoms with van der Waals surface area (Å²) in [6.07, 6.45) is -1.03. The van der Waals surface area contributed by atoms with Crippen LogP contribution in [-0.4, -0.2) is 18.0 Å². The van der Waals surface area contributed by atoms with Gasteiger partial charge in [0.1, 0.15) is 5.82 Å². The third-order valence-corrected chi connectivity index (χ3v) is 3.86. The number of rotatable bonds is 5. The molecule has 2 rings (SSSR count). The molecule has 4 nitrogen and oxygen atoms in total. The van der Waals surface area contributed by atoms with Crippen molar-refractivity contribution in [3.05, 3.63) is 63.9 Å². The molecule has 0 heterocycles. The zero-order chi connectivity index (χ0) is 17.7. The van der Waals surface area contributed by atoms with Gasteiger partial charge in [0.2, 0.25) is 0 Å². The lowest BCUT2D eigenvalue weighted by Gasteiger charge is -2.13. The van der Waals surface area contributed by atoms with Gasteiger partial charge in [0, 0.05) is 5.69 Å². The molecule has 2 aromatic carbocycles. The maximum atomic E-state index is 12.8. The van der Waals surface area contributed by atoms with E-state index in [0.717, 1.165) is 0 Å². The largest absolute Gasteiger partial charge is 0.452 e. The average Bonchev–Trinajstić information content (AvgIpc) is 2.53. The minimum Gasteiger partial charge on any atom is -0.452 e. The lowest BCUT2D eigenvalue weighted by atomic mass is 10.1. The van der Waals surface area contributed by atoms with E-state index in [1.165, 1.54) is 31.2 Å². The number of carbonyl (C=O) groups is 2. The first kappa shape index (κ1) is 18.2. The summed E-state index contributed by atoms with van der Waals surface area (Å²) >= 11 is 11.7. The van der Waals surface area contributed by atoms with E-state index in [4.69, 9.17) is 27.9 Å². The highest BCUT2D eigenvalue weighted by atomic mass is 35.5. The standard InChI is InChI=1S/C17H14Cl2FNO3/c1-10(17(23)21-13-5-3-12(20)4-6-13)24-16(22)9-11-2-7-14(18)15(19)8-11/h2-8,10H,9H2,1H3,(H,21,23)/t10-/m0/s1. The molecule has 7 heteroatoms. The Labute approximate surface area is 148 Å². The molecular formula is C17H14Cl2FNO3. The van der Waals surface area contributed by atoms with Crippen LogP contribution in [0.15, 0.2) is 42.5 Å². The molecule has 24 heavy (non-hydrogen) atoms. The molecule has 0 aliphatic rings. The zero-order valence-corrected chi connectivity index (χ0v) is 14.2. The molecule has 0 radical (unpaired) electrons. The molecule has 0 aromatic heterocycles. The van der Waals surface area contributed by atoms with Crippen molar-refractivity contribution < 1.29 is 18.7 Å². The second-order valence-electron chi connectivity index (χ2n) is 5.05. The minimum atomic E-state index is -0.995. The number of halogens is 3. The lowest BCUT2D eigenvalue weighted by molar-refractivity contribution is -0.152. The predicted octanol–water partition coefficient (Wildman–Crippen LogP) is 4.25. The van der Waals surface area contributed by atoms with Crippen molar-refractivity contribution >= 4 is 40.8 Å². The quantitative estimate of drug-likeness (QED) is 0.801. The van der Waals surface area contributed by atoms with Gasteiger partial charge in [0.05, 0.1) is 16.5 Å². The molecule has 0 bridgehead atoms. The third kappa shape index (κ3) is 5.22. The van der Waals surface area contributed by atoms with E-state index in [2.05, 4.69) is 5.32 Å². The lowest BCUT2D eigenvalue weighted by Crippen LogP contribution is -2.30. The highest BCUT2D eigenvalue weighted by Gasteiger charge is 2.18. The molecule has 0 saturated carbocycles. The van der Waals surface area contributed by atoms with Crippen molar-refractivity contribution in [2.75, 3.05) is 5.32 Å². The number of hydrogen-bond donors (Lipinski definition) is 1. The molecule has 1 amide bonds. The van der Waals surface area contributed by atoms with Crippen molar-refractivity contribution in [2.24, 2.45) is 0 Å². The number of hydrogen-bond acceptors (Lipinski definition) is 3. The molecule has 0 aliphatic heterocycles. The summed E-state index contributed by atoms with van der Waals surface area (Å²) in [5, 5.41) is 3.26. The van der Waals surface area contributed by atoms with Gasteiger partial charge in [-0.15, -0.1) is 0 Å². The number of esters is 1. The predicted molar refractivity (Wildman–Crippen MR) is 90.7 cm³/mol. The van der Waals surface area contributed by atoms with Crippen molar-refractivity contribution in [2.45, 2.75) is 19.4 Å². The Morgan fingerprint density at radius 1 is 1.12 bits per heavy atom. The summed E-state index contributed by atoms with van der Waals surface area (Å²) in [5.41, 5.74) is 1.04. The molecule has 1 N–H and O–H groups in total. The zero-order valence-electron chi connectivity index (χ0n) is 12.7. The maximum Gasteiger partial charge on any atom is 0.311 e.